The third-order valence-electron chi connectivity index (χ3n) is 2.69. The third-order valence-corrected chi connectivity index (χ3v) is 3.22. The third kappa shape index (κ3) is 4.56. The fourth-order valence-electron chi connectivity index (χ4n) is 1.55. The van der Waals surface area contributed by atoms with Gasteiger partial charge in [0.05, 0.1) is 0 Å². The van der Waals surface area contributed by atoms with Gasteiger partial charge in [0.25, 0.3) is 11.8 Å². The molecular formula is C15H14BrN3O3. The van der Waals surface area contributed by atoms with Gasteiger partial charge in [-0.3, -0.25) is 25.4 Å². The Morgan fingerprint density at radius 3 is 2.50 bits per heavy atom. The molecule has 6 nitrogen and oxygen atoms in total. The molecule has 0 aliphatic rings. The Kier molecular flexibility index (Phi) is 5.48. The summed E-state index contributed by atoms with van der Waals surface area (Å²) in [5, 5.41) is 0. The first-order valence-corrected chi connectivity index (χ1v) is 7.29. The van der Waals surface area contributed by atoms with E-state index in [9.17, 15) is 9.59 Å². The summed E-state index contributed by atoms with van der Waals surface area (Å²) < 4.78 is 6.39. The molecule has 1 aromatic heterocycles. The van der Waals surface area contributed by atoms with Gasteiger partial charge in [0.1, 0.15) is 11.4 Å². The van der Waals surface area contributed by atoms with Crippen LogP contribution in [0.2, 0.25) is 0 Å². The summed E-state index contributed by atoms with van der Waals surface area (Å²) in [6.07, 6.45) is 0.737. The number of carbonyl (C=O) groups is 2. The SMILES string of the molecule is C[C@@H](Oc1ccc(Br)cc1)C(=O)NNC(=O)c1ccccn1. The molecule has 0 radical (unpaired) electrons. The monoisotopic (exact) mass is 363 g/mol. The highest BCUT2D eigenvalue weighted by molar-refractivity contribution is 9.10. The van der Waals surface area contributed by atoms with Crippen LogP contribution in [0.5, 0.6) is 5.75 Å². The van der Waals surface area contributed by atoms with E-state index in [1.54, 1.807) is 37.3 Å². The molecule has 0 aliphatic heterocycles. The number of benzene rings is 1. The fraction of sp³-hybridized carbons (Fsp3) is 0.133. The van der Waals surface area contributed by atoms with Crippen LogP contribution in [-0.4, -0.2) is 22.9 Å². The smallest absolute Gasteiger partial charge is 0.288 e. The summed E-state index contributed by atoms with van der Waals surface area (Å²) >= 11 is 3.32. The Bertz CT molecular complexity index is 647. The van der Waals surface area contributed by atoms with Gasteiger partial charge in [0.15, 0.2) is 6.10 Å². The van der Waals surface area contributed by atoms with E-state index in [0.717, 1.165) is 4.47 Å². The fourth-order valence-corrected chi connectivity index (χ4v) is 1.82. The second-order valence-electron chi connectivity index (χ2n) is 4.37. The molecule has 0 fully saturated rings. The zero-order valence-electron chi connectivity index (χ0n) is 11.7. The van der Waals surface area contributed by atoms with E-state index in [2.05, 4.69) is 31.8 Å². The Morgan fingerprint density at radius 2 is 1.86 bits per heavy atom. The van der Waals surface area contributed by atoms with Crippen LogP contribution < -0.4 is 15.6 Å². The van der Waals surface area contributed by atoms with E-state index in [1.807, 2.05) is 12.1 Å². The van der Waals surface area contributed by atoms with Crippen LogP contribution >= 0.6 is 15.9 Å². The van der Waals surface area contributed by atoms with E-state index in [0.29, 0.717) is 5.75 Å². The van der Waals surface area contributed by atoms with Gasteiger partial charge in [0, 0.05) is 10.7 Å². The Morgan fingerprint density at radius 1 is 1.14 bits per heavy atom. The highest BCUT2D eigenvalue weighted by Crippen LogP contribution is 2.17. The van der Waals surface area contributed by atoms with Gasteiger partial charge in [-0.1, -0.05) is 22.0 Å². The summed E-state index contributed by atoms with van der Waals surface area (Å²) in [6, 6.07) is 12.0. The van der Waals surface area contributed by atoms with Crippen molar-refractivity contribution in [3.63, 3.8) is 0 Å². The van der Waals surface area contributed by atoms with E-state index < -0.39 is 17.9 Å². The number of carbonyl (C=O) groups excluding carboxylic acids is 2. The largest absolute Gasteiger partial charge is 0.481 e. The molecule has 22 heavy (non-hydrogen) atoms. The second-order valence-corrected chi connectivity index (χ2v) is 5.29. The zero-order valence-corrected chi connectivity index (χ0v) is 13.3. The molecule has 1 heterocycles. The van der Waals surface area contributed by atoms with E-state index in [1.165, 1.54) is 6.20 Å². The average molecular weight is 364 g/mol. The highest BCUT2D eigenvalue weighted by Gasteiger charge is 2.16. The van der Waals surface area contributed by atoms with E-state index in [4.69, 9.17) is 4.74 Å². The lowest BCUT2D eigenvalue weighted by Crippen LogP contribution is -2.47. The topological polar surface area (TPSA) is 80.3 Å². The van der Waals surface area contributed by atoms with Crippen molar-refractivity contribution < 1.29 is 14.3 Å². The average Bonchev–Trinajstić information content (AvgIpc) is 2.55. The molecule has 2 aromatic rings. The molecule has 2 N–H and O–H groups in total. The number of nitrogens with one attached hydrogen (secondary N) is 2. The lowest BCUT2D eigenvalue weighted by molar-refractivity contribution is -0.128. The summed E-state index contributed by atoms with van der Waals surface area (Å²) in [5.74, 6) is -0.404. The maximum atomic E-state index is 11.9. The molecule has 1 aromatic carbocycles. The van der Waals surface area contributed by atoms with E-state index >= 15 is 0 Å². The van der Waals surface area contributed by atoms with Crippen LogP contribution in [0.15, 0.2) is 53.1 Å². The molecule has 0 unspecified atom stereocenters. The number of pyridine rings is 1. The molecule has 0 aliphatic carbocycles. The van der Waals surface area contributed by atoms with Gasteiger partial charge in [-0.2, -0.15) is 0 Å². The van der Waals surface area contributed by atoms with Gasteiger partial charge < -0.3 is 4.74 Å². The number of amides is 2. The number of halogens is 1. The first-order valence-electron chi connectivity index (χ1n) is 6.49. The summed E-state index contributed by atoms with van der Waals surface area (Å²) in [4.78, 5) is 27.5. The normalized spacial score (nSPS) is 11.4. The minimum atomic E-state index is -0.759. The molecule has 2 rings (SSSR count). The maximum absolute atomic E-state index is 11.9. The highest BCUT2D eigenvalue weighted by atomic mass is 79.9. The number of hydrogen-bond acceptors (Lipinski definition) is 4. The number of ether oxygens (including phenoxy) is 1. The standard InChI is InChI=1S/C15H14BrN3O3/c1-10(22-12-7-5-11(16)6-8-12)14(20)18-19-15(21)13-4-2-3-9-17-13/h2-10H,1H3,(H,18,20)(H,19,21)/t10-/m1/s1. The van der Waals surface area contributed by atoms with Crippen molar-refractivity contribution in [2.24, 2.45) is 0 Å². The number of nitrogens with zero attached hydrogens (tertiary/aromatic N) is 1. The molecule has 7 heteroatoms. The van der Waals surface area contributed by atoms with Gasteiger partial charge in [-0.25, -0.2) is 0 Å². The van der Waals surface area contributed by atoms with Crippen molar-refractivity contribution in [2.45, 2.75) is 13.0 Å². The van der Waals surface area contributed by atoms with Crippen LogP contribution in [0.4, 0.5) is 0 Å². The van der Waals surface area contributed by atoms with Gasteiger partial charge >= 0.3 is 0 Å². The summed E-state index contributed by atoms with van der Waals surface area (Å²) in [6.45, 7) is 1.59. The van der Waals surface area contributed by atoms with Gasteiger partial charge in [-0.15, -0.1) is 0 Å². The van der Waals surface area contributed by atoms with E-state index in [-0.39, 0.29) is 5.69 Å². The number of aromatic nitrogens is 1. The number of hydrogen-bond donors (Lipinski definition) is 2. The quantitative estimate of drug-likeness (QED) is 0.814. The molecule has 0 bridgehead atoms. The molecule has 114 valence electrons. The van der Waals surface area contributed by atoms with Crippen LogP contribution in [0, 0.1) is 0 Å². The van der Waals surface area contributed by atoms with Crippen molar-refractivity contribution in [1.29, 1.82) is 0 Å². The van der Waals surface area contributed by atoms with Crippen molar-refractivity contribution in [3.05, 3.63) is 58.8 Å². The minimum Gasteiger partial charge on any atom is -0.481 e. The Hall–Kier alpha value is -2.41. The van der Waals surface area contributed by atoms with Crippen molar-refractivity contribution in [1.82, 2.24) is 15.8 Å². The number of hydrazine groups is 1. The lowest BCUT2D eigenvalue weighted by Gasteiger charge is -2.15. The first-order chi connectivity index (χ1) is 10.6. The number of rotatable bonds is 4. The van der Waals surface area contributed by atoms with Gasteiger partial charge in [-0.05, 0) is 43.3 Å². The van der Waals surface area contributed by atoms with Crippen LogP contribution in [0.3, 0.4) is 0 Å². The second kappa shape index (κ2) is 7.56. The summed E-state index contributed by atoms with van der Waals surface area (Å²) in [7, 11) is 0. The van der Waals surface area contributed by atoms with Crippen molar-refractivity contribution in [2.75, 3.05) is 0 Å². The van der Waals surface area contributed by atoms with Crippen molar-refractivity contribution in [3.8, 4) is 5.75 Å². The first kappa shape index (κ1) is 16.0. The Balaban J connectivity index is 1.84. The molecule has 1 atom stereocenters. The predicted octanol–water partition coefficient (Wildman–Crippen LogP) is 2.07. The molecular weight excluding hydrogens is 350 g/mol. The predicted molar refractivity (Wildman–Crippen MR) is 84.1 cm³/mol. The maximum Gasteiger partial charge on any atom is 0.288 e. The van der Waals surface area contributed by atoms with Crippen LogP contribution in [0.1, 0.15) is 17.4 Å². The van der Waals surface area contributed by atoms with Crippen molar-refractivity contribution >= 4 is 27.7 Å². The zero-order chi connectivity index (χ0) is 15.9. The minimum absolute atomic E-state index is 0.212. The molecule has 0 saturated heterocycles. The van der Waals surface area contributed by atoms with Gasteiger partial charge in [0.2, 0.25) is 0 Å². The van der Waals surface area contributed by atoms with Crippen LogP contribution in [-0.2, 0) is 4.79 Å². The lowest BCUT2D eigenvalue weighted by atomic mass is 10.3. The molecule has 2 amide bonds. The summed E-state index contributed by atoms with van der Waals surface area (Å²) in [5.41, 5.74) is 4.80. The molecule has 0 saturated carbocycles. The Labute approximate surface area is 136 Å². The van der Waals surface area contributed by atoms with Crippen LogP contribution in [0.25, 0.3) is 0 Å². The molecule has 0 spiro atoms.